The van der Waals surface area contributed by atoms with E-state index in [1.54, 1.807) is 13.1 Å². The summed E-state index contributed by atoms with van der Waals surface area (Å²) < 4.78 is 80.8. The highest BCUT2D eigenvalue weighted by molar-refractivity contribution is 5.95. The third-order valence-electron chi connectivity index (χ3n) is 6.67. The molecule has 0 aliphatic carbocycles. The molecule has 0 bridgehead atoms. The summed E-state index contributed by atoms with van der Waals surface area (Å²) in [6.45, 7) is 3.48. The van der Waals surface area contributed by atoms with Crippen molar-refractivity contribution < 1.29 is 36.0 Å². The molecule has 40 heavy (non-hydrogen) atoms. The van der Waals surface area contributed by atoms with Gasteiger partial charge in [0.2, 0.25) is 0 Å². The number of H-pyrrole nitrogens is 1. The molecule has 1 aromatic heterocycles. The maximum absolute atomic E-state index is 13.6. The number of carbonyl (C=O) groups excluding carboxylic acids is 1. The van der Waals surface area contributed by atoms with E-state index >= 15 is 0 Å². The van der Waals surface area contributed by atoms with Gasteiger partial charge in [-0.1, -0.05) is 23.4 Å². The number of aromatic nitrogens is 1. The highest BCUT2D eigenvalue weighted by Gasteiger charge is 2.39. The van der Waals surface area contributed by atoms with Crippen molar-refractivity contribution in [1.29, 1.82) is 0 Å². The van der Waals surface area contributed by atoms with E-state index in [9.17, 15) is 31.1 Å². The van der Waals surface area contributed by atoms with Crippen LogP contribution in [0, 0.1) is 0 Å². The van der Waals surface area contributed by atoms with Gasteiger partial charge in [-0.2, -0.15) is 26.3 Å². The lowest BCUT2D eigenvalue weighted by molar-refractivity contribution is -0.143. The predicted octanol–water partition coefficient (Wildman–Crippen LogP) is 4.93. The van der Waals surface area contributed by atoms with Crippen LogP contribution in [0.1, 0.15) is 34.0 Å². The fourth-order valence-corrected chi connectivity index (χ4v) is 4.86. The van der Waals surface area contributed by atoms with Crippen LogP contribution in [-0.2, 0) is 23.6 Å². The highest BCUT2D eigenvalue weighted by Crippen LogP contribution is 2.37. The summed E-state index contributed by atoms with van der Waals surface area (Å²) in [6, 6.07) is 7.96. The lowest BCUT2D eigenvalue weighted by Gasteiger charge is -2.41. The standard InChI is InChI=1S/C27H29F6N5O2/c1-17(36-40-9-6-34)15-37-7-8-38(22(16-37)12-19-14-35-24-5-3-2-4-23(19)24)25(39)18-10-20(26(28,29)30)13-21(11-18)27(31,32)33/h2-5,10-11,13-14,22,35H,6-9,12,15-16,34H2,1H3/b36-17+/t22-/m1/s1. The number of oxime groups is 1. The van der Waals surface area contributed by atoms with Crippen LogP contribution >= 0.6 is 0 Å². The molecule has 1 amide bonds. The Balaban J connectivity index is 1.66. The predicted molar refractivity (Wildman–Crippen MR) is 138 cm³/mol. The number of aromatic amines is 1. The van der Waals surface area contributed by atoms with Crippen LogP contribution < -0.4 is 5.73 Å². The van der Waals surface area contributed by atoms with Gasteiger partial charge in [-0.05, 0) is 43.2 Å². The second kappa shape index (κ2) is 11.9. The van der Waals surface area contributed by atoms with Crippen molar-refractivity contribution in [2.75, 3.05) is 39.3 Å². The van der Waals surface area contributed by atoms with Gasteiger partial charge in [-0.25, -0.2) is 0 Å². The molecule has 2 heterocycles. The smallest absolute Gasteiger partial charge is 0.394 e. The Morgan fingerprint density at radius 1 is 1.07 bits per heavy atom. The van der Waals surface area contributed by atoms with Gasteiger partial charge in [0.25, 0.3) is 5.91 Å². The first-order chi connectivity index (χ1) is 18.9. The van der Waals surface area contributed by atoms with E-state index in [2.05, 4.69) is 10.1 Å². The monoisotopic (exact) mass is 569 g/mol. The molecule has 4 rings (SSSR count). The van der Waals surface area contributed by atoms with E-state index in [0.29, 0.717) is 50.4 Å². The number of alkyl halides is 6. The lowest BCUT2D eigenvalue weighted by Crippen LogP contribution is -2.56. The number of amides is 1. The number of piperazine rings is 1. The average molecular weight is 570 g/mol. The molecular formula is C27H29F6N5O2. The summed E-state index contributed by atoms with van der Waals surface area (Å²) >= 11 is 0. The molecular weight excluding hydrogens is 540 g/mol. The van der Waals surface area contributed by atoms with Crippen LogP contribution in [0.25, 0.3) is 10.9 Å². The molecule has 1 atom stereocenters. The van der Waals surface area contributed by atoms with E-state index in [1.165, 1.54) is 4.90 Å². The van der Waals surface area contributed by atoms with Crippen molar-refractivity contribution in [2.45, 2.75) is 31.7 Å². The Morgan fingerprint density at radius 3 is 2.40 bits per heavy atom. The Kier molecular flexibility index (Phi) is 8.74. The first kappa shape index (κ1) is 29.4. The second-order valence-electron chi connectivity index (χ2n) is 9.69. The number of hydrogen-bond donors (Lipinski definition) is 2. The molecule has 0 saturated carbocycles. The molecule has 216 valence electrons. The Morgan fingerprint density at radius 2 is 1.75 bits per heavy atom. The minimum absolute atomic E-state index is 0.0208. The van der Waals surface area contributed by atoms with Crippen molar-refractivity contribution in [3.05, 3.63) is 70.9 Å². The summed E-state index contributed by atoms with van der Waals surface area (Å²) in [5.74, 6) is -0.891. The van der Waals surface area contributed by atoms with Gasteiger partial charge in [0, 0.05) is 61.4 Å². The number of nitrogens with zero attached hydrogens (tertiary/aromatic N) is 3. The molecule has 1 saturated heterocycles. The molecule has 0 radical (unpaired) electrons. The van der Waals surface area contributed by atoms with Crippen LogP contribution in [-0.4, -0.2) is 71.8 Å². The molecule has 0 spiro atoms. The van der Waals surface area contributed by atoms with Gasteiger partial charge < -0.3 is 20.5 Å². The molecule has 2 aromatic carbocycles. The number of nitrogens with one attached hydrogen (secondary N) is 1. The normalized spacial score (nSPS) is 17.4. The SMILES string of the molecule is C/C(CN1CCN(C(=O)c2cc(C(F)(F)F)cc(C(F)(F)F)c2)[C@H](Cc2c[nH]c3ccccc23)C1)=N\OCCN. The third-order valence-corrected chi connectivity index (χ3v) is 6.67. The summed E-state index contributed by atoms with van der Waals surface area (Å²) in [7, 11) is 0. The first-order valence-electron chi connectivity index (χ1n) is 12.6. The fraction of sp³-hybridized carbons (Fsp3) is 0.407. The summed E-state index contributed by atoms with van der Waals surface area (Å²) in [6.07, 6.45) is -7.98. The van der Waals surface area contributed by atoms with Crippen LogP contribution in [0.3, 0.4) is 0 Å². The van der Waals surface area contributed by atoms with Crippen molar-refractivity contribution in [2.24, 2.45) is 10.9 Å². The molecule has 3 N–H and O–H groups in total. The summed E-state index contributed by atoms with van der Waals surface area (Å²) in [4.78, 5) is 25.2. The van der Waals surface area contributed by atoms with E-state index in [-0.39, 0.29) is 19.2 Å². The van der Waals surface area contributed by atoms with Gasteiger partial charge in [0.15, 0.2) is 0 Å². The number of fused-ring (bicyclic) bond motifs is 1. The Bertz CT molecular complexity index is 1340. The van der Waals surface area contributed by atoms with E-state index < -0.39 is 41.0 Å². The molecule has 0 unspecified atom stereocenters. The van der Waals surface area contributed by atoms with Crippen molar-refractivity contribution in [3.8, 4) is 0 Å². The van der Waals surface area contributed by atoms with Crippen LogP contribution in [0.5, 0.6) is 0 Å². The Hall–Kier alpha value is -3.58. The van der Waals surface area contributed by atoms with Gasteiger partial charge in [0.1, 0.15) is 6.61 Å². The lowest BCUT2D eigenvalue weighted by atomic mass is 9.98. The zero-order valence-electron chi connectivity index (χ0n) is 21.6. The zero-order chi connectivity index (χ0) is 29.1. The van der Waals surface area contributed by atoms with Crippen molar-refractivity contribution in [3.63, 3.8) is 0 Å². The molecule has 3 aromatic rings. The number of rotatable bonds is 8. The zero-order valence-corrected chi connectivity index (χ0v) is 21.6. The van der Waals surface area contributed by atoms with E-state index in [4.69, 9.17) is 10.6 Å². The number of benzene rings is 2. The number of nitrogens with two attached hydrogens (primary N) is 1. The number of carbonyl (C=O) groups is 1. The third kappa shape index (κ3) is 6.94. The maximum Gasteiger partial charge on any atom is 0.416 e. The minimum Gasteiger partial charge on any atom is -0.394 e. The Labute approximate surface area is 226 Å². The van der Waals surface area contributed by atoms with Gasteiger partial charge >= 0.3 is 12.4 Å². The summed E-state index contributed by atoms with van der Waals surface area (Å²) in [5, 5.41) is 4.93. The van der Waals surface area contributed by atoms with Gasteiger partial charge in [-0.15, -0.1) is 0 Å². The number of para-hydroxylation sites is 1. The van der Waals surface area contributed by atoms with Crippen LogP contribution in [0.2, 0.25) is 0 Å². The van der Waals surface area contributed by atoms with E-state index in [0.717, 1.165) is 16.5 Å². The molecule has 13 heteroatoms. The molecule has 1 fully saturated rings. The number of halogens is 6. The van der Waals surface area contributed by atoms with E-state index in [1.807, 2.05) is 29.2 Å². The van der Waals surface area contributed by atoms with Crippen LogP contribution in [0.15, 0.2) is 53.8 Å². The molecule has 1 aliphatic rings. The van der Waals surface area contributed by atoms with Crippen LogP contribution in [0.4, 0.5) is 26.3 Å². The average Bonchev–Trinajstić information content (AvgIpc) is 3.30. The fourth-order valence-electron chi connectivity index (χ4n) is 4.86. The topological polar surface area (TPSA) is 87.0 Å². The second-order valence-corrected chi connectivity index (χ2v) is 9.69. The quantitative estimate of drug-likeness (QED) is 0.175. The van der Waals surface area contributed by atoms with Crippen molar-refractivity contribution >= 4 is 22.5 Å². The molecule has 7 nitrogen and oxygen atoms in total. The minimum atomic E-state index is -5.05. The van der Waals surface area contributed by atoms with Gasteiger partial charge in [-0.3, -0.25) is 9.69 Å². The molecule has 1 aliphatic heterocycles. The number of hydrogen-bond acceptors (Lipinski definition) is 5. The maximum atomic E-state index is 13.6. The van der Waals surface area contributed by atoms with Gasteiger partial charge in [0.05, 0.1) is 16.8 Å². The summed E-state index contributed by atoms with van der Waals surface area (Å²) in [5.41, 5.74) is 4.10. The first-order valence-corrected chi connectivity index (χ1v) is 12.6. The van der Waals surface area contributed by atoms with Crippen molar-refractivity contribution in [1.82, 2.24) is 14.8 Å². The largest absolute Gasteiger partial charge is 0.416 e. The highest BCUT2D eigenvalue weighted by atomic mass is 19.4.